The van der Waals surface area contributed by atoms with E-state index < -0.39 is 0 Å². The second-order valence-electron chi connectivity index (χ2n) is 8.17. The molecule has 150 valence electrons. The van der Waals surface area contributed by atoms with E-state index in [1.807, 2.05) is 6.07 Å². The van der Waals surface area contributed by atoms with E-state index in [9.17, 15) is 4.79 Å². The Morgan fingerprint density at radius 1 is 1.44 bits per heavy atom. The molecular formula is C20H33N5O2. The summed E-state index contributed by atoms with van der Waals surface area (Å²) in [5, 5.41) is 9.79. The van der Waals surface area contributed by atoms with Crippen molar-refractivity contribution in [1.29, 1.82) is 0 Å². The van der Waals surface area contributed by atoms with Crippen LogP contribution in [0.15, 0.2) is 23.9 Å². The topological polar surface area (TPSA) is 73.5 Å². The first-order chi connectivity index (χ1) is 13.0. The zero-order valence-corrected chi connectivity index (χ0v) is 16.8. The molecule has 2 fully saturated rings. The Kier molecular flexibility index (Phi) is 6.55. The highest BCUT2D eigenvalue weighted by Crippen LogP contribution is 2.38. The predicted octanol–water partition coefficient (Wildman–Crippen LogP) is 2.53. The molecule has 2 amide bonds. The van der Waals surface area contributed by atoms with Gasteiger partial charge in [0, 0.05) is 39.4 Å². The Bertz CT molecular complexity index is 631. The van der Waals surface area contributed by atoms with E-state index in [4.69, 9.17) is 4.74 Å². The van der Waals surface area contributed by atoms with Crippen molar-refractivity contribution in [2.24, 2.45) is 0 Å². The van der Waals surface area contributed by atoms with Crippen LogP contribution < -0.4 is 5.32 Å². The number of likely N-dealkylation sites (tertiary alicyclic amines) is 1. The normalized spacial score (nSPS) is 22.0. The summed E-state index contributed by atoms with van der Waals surface area (Å²) in [6, 6.07) is 1.79. The summed E-state index contributed by atoms with van der Waals surface area (Å²) in [5.41, 5.74) is 2.32. The number of nitrogens with one attached hydrogen (secondary N) is 2. The van der Waals surface area contributed by atoms with Gasteiger partial charge in [-0.3, -0.25) is 10.00 Å². The van der Waals surface area contributed by atoms with Gasteiger partial charge in [-0.15, -0.1) is 0 Å². The molecule has 1 atom stereocenters. The smallest absolute Gasteiger partial charge is 0.317 e. The van der Waals surface area contributed by atoms with Gasteiger partial charge in [0.25, 0.3) is 0 Å². The van der Waals surface area contributed by atoms with Gasteiger partial charge in [0.15, 0.2) is 0 Å². The molecule has 0 saturated carbocycles. The number of allylic oxidation sites excluding steroid dienone is 1. The van der Waals surface area contributed by atoms with Crippen LogP contribution in [0.3, 0.4) is 0 Å². The fraction of sp³-hybridized carbons (Fsp3) is 0.700. The van der Waals surface area contributed by atoms with Crippen LogP contribution in [0.1, 0.15) is 45.2 Å². The lowest BCUT2D eigenvalue weighted by Crippen LogP contribution is -2.45. The SMILES string of the molecule is CC(C)=CCN1CCC2(CC[C@H](CNC(=O)N(C)Cc3ccn[nH]3)O2)CC1. The number of ether oxygens (including phenoxy) is 1. The Hall–Kier alpha value is -1.86. The van der Waals surface area contributed by atoms with Gasteiger partial charge in [-0.1, -0.05) is 11.6 Å². The summed E-state index contributed by atoms with van der Waals surface area (Å²) in [6.45, 7) is 8.62. The molecule has 3 heterocycles. The van der Waals surface area contributed by atoms with Crippen LogP contribution in [0.25, 0.3) is 0 Å². The number of piperidine rings is 1. The number of carbonyl (C=O) groups is 1. The van der Waals surface area contributed by atoms with Crippen LogP contribution in [0.2, 0.25) is 0 Å². The van der Waals surface area contributed by atoms with Gasteiger partial charge in [0.05, 0.1) is 23.9 Å². The number of nitrogens with zero attached hydrogens (tertiary/aromatic N) is 3. The first-order valence-electron chi connectivity index (χ1n) is 9.96. The van der Waals surface area contributed by atoms with Gasteiger partial charge in [-0.05, 0) is 45.6 Å². The number of carbonyl (C=O) groups excluding carboxylic acids is 1. The number of rotatable bonds is 6. The number of hydrogen-bond donors (Lipinski definition) is 2. The average molecular weight is 376 g/mol. The van der Waals surface area contributed by atoms with Crippen LogP contribution in [0.4, 0.5) is 4.79 Å². The van der Waals surface area contributed by atoms with E-state index in [1.165, 1.54) is 5.57 Å². The van der Waals surface area contributed by atoms with Crippen molar-refractivity contribution < 1.29 is 9.53 Å². The van der Waals surface area contributed by atoms with Gasteiger partial charge < -0.3 is 15.0 Å². The lowest BCUT2D eigenvalue weighted by molar-refractivity contribution is -0.0740. The van der Waals surface area contributed by atoms with E-state index in [1.54, 1.807) is 18.1 Å². The third-order valence-electron chi connectivity index (χ3n) is 5.66. The molecular weight excluding hydrogens is 342 g/mol. The molecule has 2 saturated heterocycles. The molecule has 3 rings (SSSR count). The summed E-state index contributed by atoms with van der Waals surface area (Å²) < 4.78 is 6.41. The largest absolute Gasteiger partial charge is 0.370 e. The second-order valence-corrected chi connectivity index (χ2v) is 8.17. The Morgan fingerprint density at radius 3 is 2.89 bits per heavy atom. The molecule has 7 heteroatoms. The number of aromatic nitrogens is 2. The van der Waals surface area contributed by atoms with E-state index in [0.717, 1.165) is 51.0 Å². The third kappa shape index (κ3) is 5.56. The lowest BCUT2D eigenvalue weighted by atomic mass is 9.88. The Balaban J connectivity index is 1.38. The summed E-state index contributed by atoms with van der Waals surface area (Å²) >= 11 is 0. The molecule has 0 aromatic carbocycles. The average Bonchev–Trinajstić information content (AvgIpc) is 3.29. The minimum Gasteiger partial charge on any atom is -0.370 e. The van der Waals surface area contributed by atoms with Gasteiger partial charge in [-0.25, -0.2) is 4.79 Å². The molecule has 1 aromatic rings. The molecule has 1 aromatic heterocycles. The monoisotopic (exact) mass is 375 g/mol. The predicted molar refractivity (Wildman–Crippen MR) is 105 cm³/mol. The van der Waals surface area contributed by atoms with E-state index >= 15 is 0 Å². The maximum Gasteiger partial charge on any atom is 0.317 e. The lowest BCUT2D eigenvalue weighted by Gasteiger charge is -2.39. The molecule has 0 unspecified atom stereocenters. The fourth-order valence-electron chi connectivity index (χ4n) is 3.90. The van der Waals surface area contributed by atoms with Crippen molar-refractivity contribution in [2.45, 2.75) is 57.8 Å². The molecule has 1 spiro atoms. The zero-order chi connectivity index (χ0) is 19.3. The van der Waals surface area contributed by atoms with Crippen molar-refractivity contribution in [3.8, 4) is 0 Å². The van der Waals surface area contributed by atoms with Gasteiger partial charge in [0.1, 0.15) is 0 Å². The summed E-state index contributed by atoms with van der Waals surface area (Å²) in [6.07, 6.45) is 8.43. The minimum absolute atomic E-state index is 0.0265. The van der Waals surface area contributed by atoms with Crippen molar-refractivity contribution in [2.75, 3.05) is 33.2 Å². The minimum atomic E-state index is -0.0781. The summed E-state index contributed by atoms with van der Waals surface area (Å²) in [4.78, 5) is 16.4. The molecule has 0 radical (unpaired) electrons. The van der Waals surface area contributed by atoms with Crippen molar-refractivity contribution in [3.05, 3.63) is 29.6 Å². The van der Waals surface area contributed by atoms with Crippen molar-refractivity contribution in [1.82, 2.24) is 25.3 Å². The fourth-order valence-corrected chi connectivity index (χ4v) is 3.90. The molecule has 2 aliphatic rings. The Morgan fingerprint density at radius 2 is 2.22 bits per heavy atom. The number of H-pyrrole nitrogens is 1. The number of amides is 2. The highest BCUT2D eigenvalue weighted by Gasteiger charge is 2.42. The summed E-state index contributed by atoms with van der Waals surface area (Å²) in [7, 11) is 1.79. The van der Waals surface area contributed by atoms with Crippen LogP contribution >= 0.6 is 0 Å². The van der Waals surface area contributed by atoms with Gasteiger partial charge in [-0.2, -0.15) is 5.10 Å². The first kappa shape index (κ1) is 19.9. The van der Waals surface area contributed by atoms with E-state index in [-0.39, 0.29) is 17.7 Å². The second kappa shape index (κ2) is 8.89. The summed E-state index contributed by atoms with van der Waals surface area (Å²) in [5.74, 6) is 0. The van der Waals surface area contributed by atoms with E-state index in [0.29, 0.717) is 13.1 Å². The van der Waals surface area contributed by atoms with Gasteiger partial charge >= 0.3 is 6.03 Å². The molecule has 2 N–H and O–H groups in total. The first-order valence-corrected chi connectivity index (χ1v) is 9.96. The maximum atomic E-state index is 12.3. The molecule has 2 aliphatic heterocycles. The van der Waals surface area contributed by atoms with Crippen LogP contribution in [-0.4, -0.2) is 71.0 Å². The Labute approximate surface area is 162 Å². The highest BCUT2D eigenvalue weighted by atomic mass is 16.5. The molecule has 0 aliphatic carbocycles. The van der Waals surface area contributed by atoms with Crippen LogP contribution in [0, 0.1) is 0 Å². The molecule has 27 heavy (non-hydrogen) atoms. The van der Waals surface area contributed by atoms with Crippen molar-refractivity contribution in [3.63, 3.8) is 0 Å². The number of hydrogen-bond acceptors (Lipinski definition) is 4. The highest BCUT2D eigenvalue weighted by molar-refractivity contribution is 5.73. The van der Waals surface area contributed by atoms with Crippen LogP contribution in [0.5, 0.6) is 0 Å². The van der Waals surface area contributed by atoms with Crippen LogP contribution in [-0.2, 0) is 11.3 Å². The maximum absolute atomic E-state index is 12.3. The number of aromatic amines is 1. The van der Waals surface area contributed by atoms with Gasteiger partial charge in [0.2, 0.25) is 0 Å². The molecule has 7 nitrogen and oxygen atoms in total. The van der Waals surface area contributed by atoms with E-state index in [2.05, 4.69) is 40.3 Å². The zero-order valence-electron chi connectivity index (χ0n) is 16.8. The quantitative estimate of drug-likeness (QED) is 0.750. The third-order valence-corrected chi connectivity index (χ3v) is 5.66. The van der Waals surface area contributed by atoms with Crippen molar-refractivity contribution >= 4 is 6.03 Å². The molecule has 0 bridgehead atoms. The number of urea groups is 1. The standard InChI is InChI=1S/C20H33N5O2/c1-16(2)6-11-25-12-8-20(9-13-25)7-4-18(27-20)14-21-19(26)24(3)15-17-5-10-22-23-17/h5-6,10,18H,4,7-9,11-15H2,1-3H3,(H,21,26)(H,22,23)/t18-/m1/s1.